The fourth-order valence-electron chi connectivity index (χ4n) is 1.81. The maximum Gasteiger partial charge on any atom is 0.227 e. The van der Waals surface area contributed by atoms with Crippen molar-refractivity contribution in [2.75, 3.05) is 27.2 Å². The standard InChI is InChI=1S/C14H20N3O/c1-17(2,14-7-3-4-8-16-14)10-9-15-12-13-6-5-11-18-13/h3-8,11,15H,9-10,12H2,1-2H3/q+1. The highest BCUT2D eigenvalue weighted by Crippen LogP contribution is 2.13. The van der Waals surface area contributed by atoms with E-state index in [0.29, 0.717) is 0 Å². The lowest BCUT2D eigenvalue weighted by Gasteiger charge is -2.27. The van der Waals surface area contributed by atoms with Crippen LogP contribution in [-0.2, 0) is 6.54 Å². The predicted octanol–water partition coefficient (Wildman–Crippen LogP) is 2.03. The molecule has 1 N–H and O–H groups in total. The van der Waals surface area contributed by atoms with Gasteiger partial charge in [-0.2, -0.15) is 0 Å². The number of quaternary nitrogens is 1. The second kappa shape index (κ2) is 5.80. The van der Waals surface area contributed by atoms with Crippen molar-refractivity contribution in [1.82, 2.24) is 14.8 Å². The van der Waals surface area contributed by atoms with E-state index >= 15 is 0 Å². The van der Waals surface area contributed by atoms with Gasteiger partial charge in [0.05, 0.1) is 33.4 Å². The molecule has 0 aliphatic heterocycles. The molecule has 0 spiro atoms. The minimum atomic E-state index is 0.770. The first-order valence-corrected chi connectivity index (χ1v) is 6.16. The van der Waals surface area contributed by atoms with Gasteiger partial charge < -0.3 is 9.73 Å². The Balaban J connectivity index is 1.79. The van der Waals surface area contributed by atoms with Crippen LogP contribution in [0.25, 0.3) is 0 Å². The summed E-state index contributed by atoms with van der Waals surface area (Å²) in [5.74, 6) is 2.05. The fraction of sp³-hybridized carbons (Fsp3) is 0.357. The molecule has 2 aromatic rings. The summed E-state index contributed by atoms with van der Waals surface area (Å²) in [6.45, 7) is 2.68. The van der Waals surface area contributed by atoms with Crippen LogP contribution in [0.2, 0.25) is 0 Å². The molecule has 0 saturated carbocycles. The summed E-state index contributed by atoms with van der Waals surface area (Å²) < 4.78 is 6.04. The zero-order chi connectivity index (χ0) is 12.8. The van der Waals surface area contributed by atoms with Crippen molar-refractivity contribution in [3.05, 3.63) is 48.6 Å². The smallest absolute Gasteiger partial charge is 0.227 e. The molecular formula is C14H20N3O+. The summed E-state index contributed by atoms with van der Waals surface area (Å²) in [6, 6.07) is 9.92. The van der Waals surface area contributed by atoms with Crippen LogP contribution in [0.15, 0.2) is 47.2 Å². The minimum Gasteiger partial charge on any atom is -0.468 e. The molecule has 0 fully saturated rings. The number of hydrogen-bond donors (Lipinski definition) is 1. The molecule has 96 valence electrons. The van der Waals surface area contributed by atoms with Crippen LogP contribution in [0, 0.1) is 0 Å². The summed E-state index contributed by atoms with van der Waals surface area (Å²) in [5, 5.41) is 3.38. The molecule has 0 aromatic carbocycles. The van der Waals surface area contributed by atoms with Gasteiger partial charge in [-0.05, 0) is 18.2 Å². The van der Waals surface area contributed by atoms with E-state index < -0.39 is 0 Å². The molecular weight excluding hydrogens is 226 g/mol. The normalized spacial score (nSPS) is 11.7. The van der Waals surface area contributed by atoms with Crippen LogP contribution in [0.5, 0.6) is 0 Å². The Morgan fingerprint density at radius 3 is 2.78 bits per heavy atom. The van der Waals surface area contributed by atoms with E-state index in [9.17, 15) is 0 Å². The van der Waals surface area contributed by atoms with Crippen LogP contribution in [0.4, 0.5) is 5.82 Å². The molecule has 2 heterocycles. The first-order valence-electron chi connectivity index (χ1n) is 6.16. The molecule has 0 unspecified atom stereocenters. The van der Waals surface area contributed by atoms with Gasteiger partial charge in [0.25, 0.3) is 0 Å². The predicted molar refractivity (Wildman–Crippen MR) is 73.2 cm³/mol. The maximum absolute atomic E-state index is 5.27. The number of furan rings is 1. The number of pyridine rings is 1. The van der Waals surface area contributed by atoms with Gasteiger partial charge in [0, 0.05) is 18.8 Å². The van der Waals surface area contributed by atoms with Crippen molar-refractivity contribution in [2.45, 2.75) is 6.54 Å². The number of aromatic nitrogens is 1. The van der Waals surface area contributed by atoms with Crippen LogP contribution < -0.4 is 9.80 Å². The summed E-state index contributed by atoms with van der Waals surface area (Å²) in [6.07, 6.45) is 3.54. The summed E-state index contributed by atoms with van der Waals surface area (Å²) >= 11 is 0. The molecule has 0 radical (unpaired) electrons. The van der Waals surface area contributed by atoms with Gasteiger partial charge in [0.2, 0.25) is 5.82 Å². The second-order valence-corrected chi connectivity index (χ2v) is 4.85. The van der Waals surface area contributed by atoms with E-state index in [1.54, 1.807) is 6.26 Å². The zero-order valence-corrected chi connectivity index (χ0v) is 11.0. The van der Waals surface area contributed by atoms with Crippen LogP contribution in [0.1, 0.15) is 5.76 Å². The van der Waals surface area contributed by atoms with E-state index in [4.69, 9.17) is 4.42 Å². The number of nitrogens with one attached hydrogen (secondary N) is 1. The third-order valence-corrected chi connectivity index (χ3v) is 3.00. The third kappa shape index (κ3) is 3.42. The van der Waals surface area contributed by atoms with Crippen molar-refractivity contribution in [2.24, 2.45) is 0 Å². The molecule has 4 nitrogen and oxygen atoms in total. The molecule has 18 heavy (non-hydrogen) atoms. The van der Waals surface area contributed by atoms with Crippen LogP contribution in [0.3, 0.4) is 0 Å². The van der Waals surface area contributed by atoms with Gasteiger partial charge in [-0.15, -0.1) is 0 Å². The number of rotatable bonds is 6. The van der Waals surface area contributed by atoms with Gasteiger partial charge >= 0.3 is 0 Å². The van der Waals surface area contributed by atoms with Crippen molar-refractivity contribution < 1.29 is 4.42 Å². The summed E-state index contributed by atoms with van der Waals surface area (Å²) in [5.41, 5.74) is 0. The zero-order valence-electron chi connectivity index (χ0n) is 11.0. The first kappa shape index (κ1) is 12.8. The Kier molecular flexibility index (Phi) is 4.12. The van der Waals surface area contributed by atoms with E-state index in [2.05, 4.69) is 30.5 Å². The van der Waals surface area contributed by atoms with E-state index in [0.717, 1.165) is 35.7 Å². The molecule has 0 aliphatic rings. The molecule has 0 atom stereocenters. The quantitative estimate of drug-likeness (QED) is 0.626. The van der Waals surface area contributed by atoms with Crippen molar-refractivity contribution in [1.29, 1.82) is 0 Å². The molecule has 0 aliphatic carbocycles. The van der Waals surface area contributed by atoms with Crippen LogP contribution >= 0.6 is 0 Å². The molecule has 2 aromatic heterocycles. The highest BCUT2D eigenvalue weighted by molar-refractivity contribution is 5.31. The SMILES string of the molecule is C[N+](C)(CCNCc1ccco1)c1ccccn1. The van der Waals surface area contributed by atoms with Crippen molar-refractivity contribution >= 4 is 5.82 Å². The van der Waals surface area contributed by atoms with Gasteiger partial charge in [-0.1, -0.05) is 6.07 Å². The average Bonchev–Trinajstić information content (AvgIpc) is 2.89. The number of likely N-dealkylation sites (N-methyl/N-ethyl adjacent to an activating group) is 1. The Hall–Kier alpha value is -1.65. The molecule has 0 amide bonds. The van der Waals surface area contributed by atoms with E-state index in [1.807, 2.05) is 30.5 Å². The monoisotopic (exact) mass is 246 g/mol. The molecule has 2 rings (SSSR count). The van der Waals surface area contributed by atoms with E-state index in [1.165, 1.54) is 0 Å². The lowest BCUT2D eigenvalue weighted by molar-refractivity contribution is 0.376. The topological polar surface area (TPSA) is 38.1 Å². The second-order valence-electron chi connectivity index (χ2n) is 4.85. The lowest BCUT2D eigenvalue weighted by Crippen LogP contribution is -2.45. The number of nitrogens with zero attached hydrogens (tertiary/aromatic N) is 2. The molecule has 0 saturated heterocycles. The van der Waals surface area contributed by atoms with Crippen LogP contribution in [-0.4, -0.2) is 32.2 Å². The van der Waals surface area contributed by atoms with Gasteiger partial charge in [0.1, 0.15) is 5.76 Å². The average molecular weight is 246 g/mol. The Morgan fingerprint density at radius 2 is 2.11 bits per heavy atom. The fourth-order valence-corrected chi connectivity index (χ4v) is 1.81. The highest BCUT2D eigenvalue weighted by Gasteiger charge is 2.19. The Morgan fingerprint density at radius 1 is 1.22 bits per heavy atom. The van der Waals surface area contributed by atoms with Gasteiger partial charge in [-0.3, -0.25) is 4.48 Å². The van der Waals surface area contributed by atoms with Gasteiger partial charge in [0.15, 0.2) is 0 Å². The largest absolute Gasteiger partial charge is 0.468 e. The first-order chi connectivity index (χ1) is 8.68. The third-order valence-electron chi connectivity index (χ3n) is 3.00. The van der Waals surface area contributed by atoms with Crippen molar-refractivity contribution in [3.63, 3.8) is 0 Å². The maximum atomic E-state index is 5.27. The minimum absolute atomic E-state index is 0.770. The highest BCUT2D eigenvalue weighted by atomic mass is 16.3. The van der Waals surface area contributed by atoms with Crippen molar-refractivity contribution in [3.8, 4) is 0 Å². The Labute approximate surface area is 108 Å². The summed E-state index contributed by atoms with van der Waals surface area (Å²) in [7, 11) is 4.33. The van der Waals surface area contributed by atoms with E-state index in [-0.39, 0.29) is 0 Å². The van der Waals surface area contributed by atoms with Gasteiger partial charge in [-0.25, -0.2) is 4.98 Å². The number of hydrogen-bond acceptors (Lipinski definition) is 3. The summed E-state index contributed by atoms with van der Waals surface area (Å²) in [4.78, 5) is 4.40. The molecule has 0 bridgehead atoms. The Bertz CT molecular complexity index is 451. The molecule has 4 heteroatoms. The lowest BCUT2D eigenvalue weighted by atomic mass is 10.3.